The molecule has 0 bridgehead atoms. The van der Waals surface area contributed by atoms with Gasteiger partial charge in [-0.05, 0) is 31.2 Å². The molecule has 94 valence electrons. The van der Waals surface area contributed by atoms with Gasteiger partial charge in [0.2, 0.25) is 0 Å². The highest BCUT2D eigenvalue weighted by Crippen LogP contribution is 2.30. The normalized spacial score (nSPS) is 30.4. The lowest BCUT2D eigenvalue weighted by Gasteiger charge is -2.42. The van der Waals surface area contributed by atoms with E-state index in [1.165, 1.54) is 5.56 Å². The van der Waals surface area contributed by atoms with Crippen LogP contribution in [0.3, 0.4) is 0 Å². The standard InChI is InChI=1S/C15H23NO/c1-3-14-12-16(10-9-15(14,2)17)11-13-7-5-4-6-8-13/h4-8,14,17H,3,9-12H2,1-2H3. The minimum atomic E-state index is -0.470. The molecule has 0 aromatic heterocycles. The quantitative estimate of drug-likeness (QED) is 0.867. The topological polar surface area (TPSA) is 23.5 Å². The van der Waals surface area contributed by atoms with Gasteiger partial charge in [-0.25, -0.2) is 0 Å². The van der Waals surface area contributed by atoms with E-state index in [0.29, 0.717) is 5.92 Å². The average Bonchev–Trinajstić information content (AvgIpc) is 2.33. The maximum absolute atomic E-state index is 10.3. The SMILES string of the molecule is CCC1CN(Cc2ccccc2)CCC1(C)O. The molecule has 2 atom stereocenters. The Balaban J connectivity index is 1.96. The van der Waals surface area contributed by atoms with Gasteiger partial charge in [0.15, 0.2) is 0 Å². The Morgan fingerprint density at radius 2 is 2.06 bits per heavy atom. The van der Waals surface area contributed by atoms with Crippen LogP contribution in [0.25, 0.3) is 0 Å². The van der Waals surface area contributed by atoms with Crippen molar-refractivity contribution in [2.24, 2.45) is 5.92 Å². The zero-order valence-electron chi connectivity index (χ0n) is 10.9. The zero-order valence-corrected chi connectivity index (χ0v) is 10.9. The van der Waals surface area contributed by atoms with Gasteiger partial charge < -0.3 is 5.11 Å². The van der Waals surface area contributed by atoms with Crippen molar-refractivity contribution in [2.45, 2.75) is 38.8 Å². The van der Waals surface area contributed by atoms with E-state index in [0.717, 1.165) is 32.5 Å². The molecular weight excluding hydrogens is 210 g/mol. The van der Waals surface area contributed by atoms with Crippen molar-refractivity contribution >= 4 is 0 Å². The first-order valence-corrected chi connectivity index (χ1v) is 6.60. The van der Waals surface area contributed by atoms with Gasteiger partial charge in [0.1, 0.15) is 0 Å². The van der Waals surface area contributed by atoms with Gasteiger partial charge in [0.05, 0.1) is 5.60 Å². The van der Waals surface area contributed by atoms with Crippen LogP contribution < -0.4 is 0 Å². The fourth-order valence-electron chi connectivity index (χ4n) is 2.74. The third kappa shape index (κ3) is 3.08. The highest BCUT2D eigenvalue weighted by molar-refractivity contribution is 5.14. The number of rotatable bonds is 3. The van der Waals surface area contributed by atoms with Gasteiger partial charge >= 0.3 is 0 Å². The highest BCUT2D eigenvalue weighted by atomic mass is 16.3. The van der Waals surface area contributed by atoms with Crippen LogP contribution in [0.2, 0.25) is 0 Å². The van der Waals surface area contributed by atoms with E-state index in [1.807, 2.05) is 6.92 Å². The highest BCUT2D eigenvalue weighted by Gasteiger charge is 2.35. The first-order valence-electron chi connectivity index (χ1n) is 6.60. The molecule has 0 saturated carbocycles. The summed E-state index contributed by atoms with van der Waals surface area (Å²) in [5.41, 5.74) is 0.894. The Hall–Kier alpha value is -0.860. The van der Waals surface area contributed by atoms with Crippen LogP contribution in [0.5, 0.6) is 0 Å². The summed E-state index contributed by atoms with van der Waals surface area (Å²) in [7, 11) is 0. The summed E-state index contributed by atoms with van der Waals surface area (Å²) >= 11 is 0. The van der Waals surface area contributed by atoms with Crippen molar-refractivity contribution in [3.05, 3.63) is 35.9 Å². The van der Waals surface area contributed by atoms with Gasteiger partial charge in [-0.1, -0.05) is 37.3 Å². The molecule has 17 heavy (non-hydrogen) atoms. The van der Waals surface area contributed by atoms with E-state index in [-0.39, 0.29) is 0 Å². The average molecular weight is 233 g/mol. The summed E-state index contributed by atoms with van der Waals surface area (Å²) in [5.74, 6) is 0.403. The Morgan fingerprint density at radius 1 is 1.35 bits per heavy atom. The van der Waals surface area contributed by atoms with Crippen LogP contribution in [-0.4, -0.2) is 28.7 Å². The number of piperidine rings is 1. The Bertz CT molecular complexity index is 347. The third-order valence-corrected chi connectivity index (χ3v) is 4.03. The molecule has 1 N–H and O–H groups in total. The minimum absolute atomic E-state index is 0.403. The van der Waals surface area contributed by atoms with Gasteiger partial charge in [-0.2, -0.15) is 0 Å². The van der Waals surface area contributed by atoms with Gasteiger partial charge in [-0.15, -0.1) is 0 Å². The molecule has 2 rings (SSSR count). The van der Waals surface area contributed by atoms with E-state index in [9.17, 15) is 5.11 Å². The summed E-state index contributed by atoms with van der Waals surface area (Å²) in [6, 6.07) is 10.6. The molecule has 1 aromatic rings. The van der Waals surface area contributed by atoms with Crippen molar-refractivity contribution in [3.63, 3.8) is 0 Å². The van der Waals surface area contributed by atoms with Crippen molar-refractivity contribution in [1.82, 2.24) is 4.90 Å². The van der Waals surface area contributed by atoms with Gasteiger partial charge in [0.25, 0.3) is 0 Å². The van der Waals surface area contributed by atoms with E-state index < -0.39 is 5.60 Å². The van der Waals surface area contributed by atoms with Crippen LogP contribution in [0.15, 0.2) is 30.3 Å². The first kappa shape index (κ1) is 12.6. The first-order chi connectivity index (χ1) is 8.12. The Morgan fingerprint density at radius 3 is 2.71 bits per heavy atom. The van der Waals surface area contributed by atoms with Crippen LogP contribution in [0, 0.1) is 5.92 Å². The molecule has 2 nitrogen and oxygen atoms in total. The monoisotopic (exact) mass is 233 g/mol. The van der Waals surface area contributed by atoms with Gasteiger partial charge in [0, 0.05) is 19.6 Å². The number of aliphatic hydroxyl groups is 1. The fraction of sp³-hybridized carbons (Fsp3) is 0.600. The molecule has 1 aromatic carbocycles. The van der Waals surface area contributed by atoms with Crippen LogP contribution in [-0.2, 0) is 6.54 Å². The van der Waals surface area contributed by atoms with Crippen molar-refractivity contribution < 1.29 is 5.11 Å². The predicted octanol–water partition coefficient (Wildman–Crippen LogP) is 2.67. The molecule has 1 fully saturated rings. The largest absolute Gasteiger partial charge is 0.390 e. The van der Waals surface area contributed by atoms with Crippen LogP contribution >= 0.6 is 0 Å². The van der Waals surface area contributed by atoms with Crippen molar-refractivity contribution in [3.8, 4) is 0 Å². The third-order valence-electron chi connectivity index (χ3n) is 4.03. The number of benzene rings is 1. The Labute approximate surface area is 104 Å². The molecule has 1 saturated heterocycles. The fourth-order valence-corrected chi connectivity index (χ4v) is 2.74. The molecule has 2 heteroatoms. The molecule has 0 aliphatic carbocycles. The van der Waals surface area contributed by atoms with E-state index in [4.69, 9.17) is 0 Å². The lowest BCUT2D eigenvalue weighted by molar-refractivity contribution is -0.0608. The molecule has 0 radical (unpaired) electrons. The summed E-state index contributed by atoms with van der Waals surface area (Å²) in [6.45, 7) is 7.18. The summed E-state index contributed by atoms with van der Waals surface area (Å²) < 4.78 is 0. The van der Waals surface area contributed by atoms with Gasteiger partial charge in [-0.3, -0.25) is 4.90 Å². The molecule has 1 heterocycles. The number of likely N-dealkylation sites (tertiary alicyclic amines) is 1. The smallest absolute Gasteiger partial charge is 0.0672 e. The molecule has 1 aliphatic rings. The summed E-state index contributed by atoms with van der Waals surface area (Å²) in [5, 5.41) is 10.3. The minimum Gasteiger partial charge on any atom is -0.390 e. The van der Waals surface area contributed by atoms with E-state index in [2.05, 4.69) is 42.2 Å². The molecule has 1 aliphatic heterocycles. The maximum atomic E-state index is 10.3. The maximum Gasteiger partial charge on any atom is 0.0672 e. The van der Waals surface area contributed by atoms with E-state index in [1.54, 1.807) is 0 Å². The second-order valence-corrected chi connectivity index (χ2v) is 5.43. The number of hydrogen-bond acceptors (Lipinski definition) is 2. The number of nitrogens with zero attached hydrogens (tertiary/aromatic N) is 1. The lowest BCUT2D eigenvalue weighted by atomic mass is 9.81. The molecule has 2 unspecified atom stereocenters. The summed E-state index contributed by atoms with van der Waals surface area (Å²) in [4.78, 5) is 2.46. The molecular formula is C15H23NO. The lowest BCUT2D eigenvalue weighted by Crippen LogP contribution is -2.49. The second kappa shape index (κ2) is 5.19. The van der Waals surface area contributed by atoms with Crippen molar-refractivity contribution in [1.29, 1.82) is 0 Å². The van der Waals surface area contributed by atoms with Crippen molar-refractivity contribution in [2.75, 3.05) is 13.1 Å². The molecule has 0 amide bonds. The Kier molecular flexibility index (Phi) is 3.85. The van der Waals surface area contributed by atoms with E-state index >= 15 is 0 Å². The summed E-state index contributed by atoms with van der Waals surface area (Å²) in [6.07, 6.45) is 1.94. The molecule has 0 spiro atoms. The zero-order chi connectivity index (χ0) is 12.3. The second-order valence-electron chi connectivity index (χ2n) is 5.43. The predicted molar refractivity (Wildman–Crippen MR) is 70.7 cm³/mol. The number of hydrogen-bond donors (Lipinski definition) is 1. The van der Waals surface area contributed by atoms with Crippen LogP contribution in [0.4, 0.5) is 0 Å². The van der Waals surface area contributed by atoms with Crippen LogP contribution in [0.1, 0.15) is 32.3 Å².